The third-order valence-corrected chi connectivity index (χ3v) is 3.78. The van der Waals surface area contributed by atoms with Gasteiger partial charge in [0.1, 0.15) is 5.25 Å². The highest BCUT2D eigenvalue weighted by Crippen LogP contribution is 2.19. The van der Waals surface area contributed by atoms with Crippen LogP contribution in [0.2, 0.25) is 5.02 Å². The Morgan fingerprint density at radius 2 is 2.33 bits per heavy atom. The number of hydrogen-bond donors (Lipinski definition) is 2. The number of aliphatic hydroxyl groups excluding tert-OH is 1. The second kappa shape index (κ2) is 4.78. The van der Waals surface area contributed by atoms with Crippen LogP contribution in [0.15, 0.2) is 18.3 Å². The molecule has 0 saturated heterocycles. The minimum atomic E-state index is -3.63. The molecule has 0 bridgehead atoms. The van der Waals surface area contributed by atoms with E-state index in [1.165, 1.54) is 19.2 Å². The lowest BCUT2D eigenvalue weighted by atomic mass is 10.5. The Hall–Kier alpha value is -0.850. The zero-order valence-electron chi connectivity index (χ0n) is 8.01. The second-order valence-electron chi connectivity index (χ2n) is 2.97. The molecule has 0 aliphatic rings. The maximum absolute atomic E-state index is 11.5. The van der Waals surface area contributed by atoms with Crippen LogP contribution < -0.4 is 4.72 Å². The van der Waals surface area contributed by atoms with Crippen LogP contribution in [0.3, 0.4) is 0 Å². The first-order chi connectivity index (χ1) is 6.97. The van der Waals surface area contributed by atoms with E-state index in [1.54, 1.807) is 6.07 Å². The molecule has 7 heteroatoms. The Balaban J connectivity index is 2.92. The molecule has 0 saturated carbocycles. The molecule has 1 rings (SSSR count). The van der Waals surface area contributed by atoms with Gasteiger partial charge >= 0.3 is 0 Å². The number of hydrogen-bond acceptors (Lipinski definition) is 4. The topological polar surface area (TPSA) is 79.3 Å². The molecular weight excluding hydrogens is 240 g/mol. The lowest BCUT2D eigenvalue weighted by molar-refractivity contribution is 0.296. The Bertz CT molecular complexity index is 435. The van der Waals surface area contributed by atoms with Crippen LogP contribution in [0.1, 0.15) is 6.92 Å². The largest absolute Gasteiger partial charge is 0.395 e. The molecule has 84 valence electrons. The summed E-state index contributed by atoms with van der Waals surface area (Å²) in [6.07, 6.45) is 1.42. The highest BCUT2D eigenvalue weighted by molar-refractivity contribution is 7.93. The molecule has 15 heavy (non-hydrogen) atoms. The van der Waals surface area contributed by atoms with Gasteiger partial charge in [0.15, 0.2) is 5.82 Å². The first-order valence-corrected chi connectivity index (χ1v) is 6.13. The molecule has 1 aromatic rings. The number of pyridine rings is 1. The van der Waals surface area contributed by atoms with Crippen molar-refractivity contribution >= 4 is 27.4 Å². The summed E-state index contributed by atoms with van der Waals surface area (Å²) in [7, 11) is -3.63. The molecule has 1 heterocycles. The van der Waals surface area contributed by atoms with E-state index in [4.69, 9.17) is 16.7 Å². The first-order valence-electron chi connectivity index (χ1n) is 4.20. The average molecular weight is 251 g/mol. The molecule has 0 fully saturated rings. The fraction of sp³-hybridized carbons (Fsp3) is 0.375. The smallest absolute Gasteiger partial charge is 0.238 e. The van der Waals surface area contributed by atoms with Crippen molar-refractivity contribution in [3.05, 3.63) is 23.4 Å². The first kappa shape index (κ1) is 12.2. The summed E-state index contributed by atoms with van der Waals surface area (Å²) in [6, 6.07) is 3.12. The standard InChI is InChI=1S/C8H11ClN2O3S/c1-6(5-12)15(13,14)11-8-7(9)3-2-4-10-8/h2-4,6,12H,5H2,1H3,(H,10,11). The molecular formula is C8H11ClN2O3S. The highest BCUT2D eigenvalue weighted by Gasteiger charge is 2.20. The molecule has 0 aromatic carbocycles. The quantitative estimate of drug-likeness (QED) is 0.831. The fourth-order valence-electron chi connectivity index (χ4n) is 0.794. The molecule has 0 aliphatic heterocycles. The number of aromatic nitrogens is 1. The van der Waals surface area contributed by atoms with Crippen molar-refractivity contribution in [3.63, 3.8) is 0 Å². The number of nitrogens with one attached hydrogen (secondary N) is 1. The third-order valence-electron chi connectivity index (χ3n) is 1.78. The van der Waals surface area contributed by atoms with Gasteiger partial charge in [0, 0.05) is 6.20 Å². The minimum absolute atomic E-state index is 0.0690. The van der Waals surface area contributed by atoms with Crippen molar-refractivity contribution in [2.45, 2.75) is 12.2 Å². The molecule has 0 amide bonds. The molecule has 5 nitrogen and oxygen atoms in total. The molecule has 2 N–H and O–H groups in total. The summed E-state index contributed by atoms with van der Waals surface area (Å²) in [5.74, 6) is 0.0690. The van der Waals surface area contributed by atoms with Gasteiger partial charge in [-0.3, -0.25) is 4.72 Å². The van der Waals surface area contributed by atoms with Crippen molar-refractivity contribution in [2.24, 2.45) is 0 Å². The van der Waals surface area contributed by atoms with Crippen LogP contribution in [0.5, 0.6) is 0 Å². The Kier molecular flexibility index (Phi) is 3.90. The molecule has 1 aromatic heterocycles. The Labute approximate surface area is 93.2 Å². The highest BCUT2D eigenvalue weighted by atomic mass is 35.5. The number of aliphatic hydroxyl groups is 1. The number of sulfonamides is 1. The Morgan fingerprint density at radius 1 is 1.67 bits per heavy atom. The van der Waals surface area contributed by atoms with E-state index in [9.17, 15) is 8.42 Å². The van der Waals surface area contributed by atoms with Crippen LogP contribution in [0.4, 0.5) is 5.82 Å². The molecule has 0 spiro atoms. The average Bonchev–Trinajstić information content (AvgIpc) is 2.20. The van der Waals surface area contributed by atoms with Gasteiger partial charge in [0.2, 0.25) is 10.0 Å². The lowest BCUT2D eigenvalue weighted by Crippen LogP contribution is -2.28. The zero-order valence-corrected chi connectivity index (χ0v) is 9.59. The van der Waals surface area contributed by atoms with Crippen LogP contribution in [0, 0.1) is 0 Å². The van der Waals surface area contributed by atoms with E-state index in [1.807, 2.05) is 0 Å². The monoisotopic (exact) mass is 250 g/mol. The van der Waals surface area contributed by atoms with E-state index in [2.05, 4.69) is 9.71 Å². The van der Waals surface area contributed by atoms with Crippen molar-refractivity contribution < 1.29 is 13.5 Å². The molecule has 1 unspecified atom stereocenters. The van der Waals surface area contributed by atoms with Gasteiger partial charge in [-0.2, -0.15) is 0 Å². The van der Waals surface area contributed by atoms with E-state index in [-0.39, 0.29) is 10.8 Å². The zero-order chi connectivity index (χ0) is 11.5. The van der Waals surface area contributed by atoms with E-state index >= 15 is 0 Å². The van der Waals surface area contributed by atoms with Crippen LogP contribution in [0.25, 0.3) is 0 Å². The molecule has 1 atom stereocenters. The van der Waals surface area contributed by atoms with Gasteiger partial charge in [-0.05, 0) is 19.1 Å². The van der Waals surface area contributed by atoms with Crippen LogP contribution >= 0.6 is 11.6 Å². The summed E-state index contributed by atoms with van der Waals surface area (Å²) < 4.78 is 25.2. The van der Waals surface area contributed by atoms with E-state index < -0.39 is 21.9 Å². The van der Waals surface area contributed by atoms with Crippen molar-refractivity contribution in [2.75, 3.05) is 11.3 Å². The lowest BCUT2D eigenvalue weighted by Gasteiger charge is -2.12. The maximum atomic E-state index is 11.5. The van der Waals surface area contributed by atoms with Gasteiger partial charge in [-0.1, -0.05) is 11.6 Å². The maximum Gasteiger partial charge on any atom is 0.238 e. The van der Waals surface area contributed by atoms with E-state index in [0.29, 0.717) is 0 Å². The number of halogens is 1. The Morgan fingerprint density at radius 3 is 2.87 bits per heavy atom. The summed E-state index contributed by atoms with van der Waals surface area (Å²) in [5.41, 5.74) is 0. The third kappa shape index (κ3) is 3.05. The SMILES string of the molecule is CC(CO)S(=O)(=O)Nc1ncccc1Cl. The summed E-state index contributed by atoms with van der Waals surface area (Å²) >= 11 is 5.73. The van der Waals surface area contributed by atoms with Crippen molar-refractivity contribution in [1.29, 1.82) is 0 Å². The predicted molar refractivity (Wildman–Crippen MR) is 58.3 cm³/mol. The van der Waals surface area contributed by atoms with Gasteiger partial charge < -0.3 is 5.11 Å². The van der Waals surface area contributed by atoms with Crippen molar-refractivity contribution in [1.82, 2.24) is 4.98 Å². The fourth-order valence-corrected chi connectivity index (χ4v) is 1.85. The molecule has 0 radical (unpaired) electrons. The summed E-state index contributed by atoms with van der Waals surface area (Å²) in [6.45, 7) is 0.930. The number of nitrogens with zero attached hydrogens (tertiary/aromatic N) is 1. The summed E-state index contributed by atoms with van der Waals surface area (Å²) in [4.78, 5) is 3.78. The predicted octanol–water partition coefficient (Wildman–Crippen LogP) is 0.857. The van der Waals surface area contributed by atoms with Gasteiger partial charge in [-0.25, -0.2) is 13.4 Å². The van der Waals surface area contributed by atoms with Gasteiger partial charge in [-0.15, -0.1) is 0 Å². The van der Waals surface area contributed by atoms with Gasteiger partial charge in [0.25, 0.3) is 0 Å². The van der Waals surface area contributed by atoms with Crippen molar-refractivity contribution in [3.8, 4) is 0 Å². The van der Waals surface area contributed by atoms with Crippen LogP contribution in [-0.4, -0.2) is 30.4 Å². The van der Waals surface area contributed by atoms with Gasteiger partial charge in [0.05, 0.1) is 11.6 Å². The van der Waals surface area contributed by atoms with Crippen LogP contribution in [-0.2, 0) is 10.0 Å². The molecule has 0 aliphatic carbocycles. The summed E-state index contributed by atoms with van der Waals surface area (Å²) in [5, 5.41) is 8.05. The number of anilines is 1. The normalized spacial score (nSPS) is 13.5. The second-order valence-corrected chi connectivity index (χ2v) is 5.48. The van der Waals surface area contributed by atoms with E-state index in [0.717, 1.165) is 0 Å². The minimum Gasteiger partial charge on any atom is -0.395 e. The number of rotatable bonds is 4.